The van der Waals surface area contributed by atoms with Crippen molar-refractivity contribution < 1.29 is 23.9 Å². The normalized spacial score (nSPS) is 23.4. The molecule has 3 fully saturated rings. The maximum atomic E-state index is 13.8. The van der Waals surface area contributed by atoms with Crippen molar-refractivity contribution in [3.05, 3.63) is 0 Å². The monoisotopic (exact) mass is 477 g/mol. The zero-order valence-electron chi connectivity index (χ0n) is 21.9. The molecule has 0 aromatic rings. The molecule has 3 rings (SSSR count). The van der Waals surface area contributed by atoms with Crippen LogP contribution in [0.3, 0.4) is 0 Å². The number of imide groups is 1. The van der Waals surface area contributed by atoms with Gasteiger partial charge in [-0.25, -0.2) is 4.79 Å². The van der Waals surface area contributed by atoms with E-state index in [-0.39, 0.29) is 18.4 Å². The summed E-state index contributed by atoms with van der Waals surface area (Å²) in [6.07, 6.45) is 7.97. The third-order valence-electron chi connectivity index (χ3n) is 7.75. The van der Waals surface area contributed by atoms with E-state index < -0.39 is 35.0 Å². The lowest BCUT2D eigenvalue weighted by Gasteiger charge is -2.36. The van der Waals surface area contributed by atoms with Crippen molar-refractivity contribution >= 4 is 23.8 Å². The van der Waals surface area contributed by atoms with Gasteiger partial charge in [0.05, 0.1) is 11.8 Å². The fraction of sp³-hybridized carbons (Fsp3) is 0.846. The van der Waals surface area contributed by atoms with Crippen molar-refractivity contribution in [2.75, 3.05) is 26.7 Å². The van der Waals surface area contributed by atoms with Gasteiger partial charge >= 0.3 is 12.0 Å². The van der Waals surface area contributed by atoms with Crippen molar-refractivity contribution in [3.8, 4) is 0 Å². The second kappa shape index (κ2) is 10.2. The van der Waals surface area contributed by atoms with Gasteiger partial charge in [0.2, 0.25) is 5.91 Å². The predicted molar refractivity (Wildman–Crippen MR) is 129 cm³/mol. The molecule has 2 atom stereocenters. The predicted octanol–water partition coefficient (Wildman–Crippen LogP) is 3.83. The van der Waals surface area contributed by atoms with E-state index >= 15 is 0 Å². The Morgan fingerprint density at radius 3 is 2.09 bits per heavy atom. The highest BCUT2D eigenvalue weighted by Gasteiger charge is 2.52. The Bertz CT molecular complexity index is 791. The summed E-state index contributed by atoms with van der Waals surface area (Å²) in [5.41, 5.74) is -1.73. The molecule has 192 valence electrons. The van der Waals surface area contributed by atoms with Crippen LogP contribution in [0.5, 0.6) is 0 Å². The number of likely N-dealkylation sites (N-methyl/N-ethyl adjacent to an activating group) is 1. The number of ether oxygens (including phenoxy) is 1. The fourth-order valence-electron chi connectivity index (χ4n) is 5.47. The summed E-state index contributed by atoms with van der Waals surface area (Å²) in [6.45, 7) is 10.0. The zero-order valence-corrected chi connectivity index (χ0v) is 21.9. The smallest absolute Gasteiger partial charge is 0.327 e. The maximum absolute atomic E-state index is 13.8. The molecule has 1 aliphatic carbocycles. The first-order chi connectivity index (χ1) is 15.8. The van der Waals surface area contributed by atoms with Crippen molar-refractivity contribution in [3.63, 3.8) is 0 Å². The van der Waals surface area contributed by atoms with Crippen LogP contribution in [0.25, 0.3) is 0 Å². The maximum Gasteiger partial charge on any atom is 0.327 e. The molecular formula is C26H43N3O5. The summed E-state index contributed by atoms with van der Waals surface area (Å²) >= 11 is 0. The molecule has 34 heavy (non-hydrogen) atoms. The Morgan fingerprint density at radius 1 is 1.00 bits per heavy atom. The number of hydrogen-bond donors (Lipinski definition) is 0. The summed E-state index contributed by atoms with van der Waals surface area (Å²) in [6, 6.07) is -0.436. The minimum atomic E-state index is -0.993. The first-order valence-corrected chi connectivity index (χ1v) is 12.9. The molecule has 2 aliphatic heterocycles. The highest BCUT2D eigenvalue weighted by atomic mass is 16.6. The fourth-order valence-corrected chi connectivity index (χ4v) is 5.47. The summed E-state index contributed by atoms with van der Waals surface area (Å²) < 4.78 is 5.77. The number of esters is 1. The van der Waals surface area contributed by atoms with Crippen LogP contribution in [0.4, 0.5) is 4.79 Å². The largest absolute Gasteiger partial charge is 0.460 e. The van der Waals surface area contributed by atoms with Crippen molar-refractivity contribution in [1.29, 1.82) is 0 Å². The Hall–Kier alpha value is -2.12. The molecule has 0 bridgehead atoms. The first-order valence-electron chi connectivity index (χ1n) is 12.9. The molecule has 3 aliphatic rings. The molecule has 0 aromatic heterocycles. The van der Waals surface area contributed by atoms with Gasteiger partial charge in [0, 0.05) is 26.7 Å². The average molecular weight is 478 g/mol. The van der Waals surface area contributed by atoms with Crippen molar-refractivity contribution in [2.45, 2.75) is 97.1 Å². The number of piperidine rings is 1. The van der Waals surface area contributed by atoms with Crippen LogP contribution in [-0.4, -0.2) is 76.3 Å². The van der Waals surface area contributed by atoms with Gasteiger partial charge in [-0.1, -0.05) is 25.7 Å². The lowest BCUT2D eigenvalue weighted by Crippen LogP contribution is -2.49. The third kappa shape index (κ3) is 5.74. The van der Waals surface area contributed by atoms with Gasteiger partial charge in [-0.2, -0.15) is 0 Å². The number of hydrogen-bond acceptors (Lipinski definition) is 5. The van der Waals surface area contributed by atoms with E-state index in [0.717, 1.165) is 49.8 Å². The molecule has 8 nitrogen and oxygen atoms in total. The van der Waals surface area contributed by atoms with Gasteiger partial charge < -0.3 is 14.5 Å². The molecule has 4 amide bonds. The van der Waals surface area contributed by atoms with Gasteiger partial charge in [-0.05, 0) is 66.2 Å². The van der Waals surface area contributed by atoms with E-state index in [9.17, 15) is 19.2 Å². The SMILES string of the molecule is CN1C(=O)N(CC(C(=O)OC(C)(C)C)[C@@H](CC2CCCC2)C(=O)N2CCCCC2)C(=O)C1(C)C. The Labute approximate surface area is 204 Å². The molecule has 0 aromatic carbocycles. The average Bonchev–Trinajstić information content (AvgIpc) is 3.33. The van der Waals surface area contributed by atoms with E-state index in [1.54, 1.807) is 41.7 Å². The molecule has 0 spiro atoms. The van der Waals surface area contributed by atoms with Gasteiger partial charge in [0.15, 0.2) is 0 Å². The van der Waals surface area contributed by atoms with Crippen LogP contribution in [0.2, 0.25) is 0 Å². The molecule has 0 N–H and O–H groups in total. The lowest BCUT2D eigenvalue weighted by atomic mass is 9.81. The first kappa shape index (κ1) is 26.5. The van der Waals surface area contributed by atoms with Gasteiger partial charge in [0.25, 0.3) is 5.91 Å². The third-order valence-corrected chi connectivity index (χ3v) is 7.75. The van der Waals surface area contributed by atoms with Crippen LogP contribution in [0, 0.1) is 17.8 Å². The number of carbonyl (C=O) groups excluding carboxylic acids is 4. The summed E-state index contributed by atoms with van der Waals surface area (Å²) in [5.74, 6) is -2.01. The zero-order chi connectivity index (χ0) is 25.3. The van der Waals surface area contributed by atoms with Gasteiger partial charge in [0.1, 0.15) is 11.1 Å². The number of likely N-dealkylation sites (tertiary alicyclic amines) is 1. The van der Waals surface area contributed by atoms with Crippen molar-refractivity contribution in [2.24, 2.45) is 17.8 Å². The lowest BCUT2D eigenvalue weighted by molar-refractivity contribution is -0.166. The topological polar surface area (TPSA) is 87.2 Å². The molecule has 8 heteroatoms. The quantitative estimate of drug-likeness (QED) is 0.411. The van der Waals surface area contributed by atoms with E-state index in [4.69, 9.17) is 4.74 Å². The molecular weight excluding hydrogens is 434 g/mol. The number of carbonyl (C=O) groups is 4. The molecule has 1 unspecified atom stereocenters. The summed E-state index contributed by atoms with van der Waals surface area (Å²) in [4.78, 5) is 58.0. The second-order valence-electron chi connectivity index (χ2n) is 11.8. The van der Waals surface area contributed by atoms with Crippen LogP contribution >= 0.6 is 0 Å². The minimum absolute atomic E-state index is 0.0332. The molecule has 2 heterocycles. The number of rotatable bonds is 7. The van der Waals surface area contributed by atoms with E-state index in [0.29, 0.717) is 25.4 Å². The minimum Gasteiger partial charge on any atom is -0.460 e. The molecule has 2 saturated heterocycles. The van der Waals surface area contributed by atoms with Crippen LogP contribution < -0.4 is 0 Å². The standard InChI is InChI=1S/C26H43N3O5/c1-25(2,3)34-22(31)20(17-29-23(32)26(4,5)27(6)24(29)33)19(16-18-12-8-9-13-18)21(30)28-14-10-7-11-15-28/h18-20H,7-17H2,1-6H3/t19-,20?/m1/s1. The Kier molecular flexibility index (Phi) is 7.98. The van der Waals surface area contributed by atoms with Crippen LogP contribution in [0.1, 0.15) is 86.0 Å². The number of urea groups is 1. The summed E-state index contributed by atoms with van der Waals surface area (Å²) in [7, 11) is 1.59. The van der Waals surface area contributed by atoms with Crippen LogP contribution in [0.15, 0.2) is 0 Å². The van der Waals surface area contributed by atoms with E-state index in [1.807, 2.05) is 4.90 Å². The molecule has 1 saturated carbocycles. The van der Waals surface area contributed by atoms with E-state index in [2.05, 4.69) is 0 Å². The van der Waals surface area contributed by atoms with E-state index in [1.165, 1.54) is 4.90 Å². The van der Waals surface area contributed by atoms with Crippen molar-refractivity contribution in [1.82, 2.24) is 14.7 Å². The second-order valence-corrected chi connectivity index (χ2v) is 11.8. The van der Waals surface area contributed by atoms with Gasteiger partial charge in [-0.3, -0.25) is 19.3 Å². The number of nitrogens with zero attached hydrogens (tertiary/aromatic N) is 3. The highest BCUT2D eigenvalue weighted by Crippen LogP contribution is 2.36. The van der Waals surface area contributed by atoms with Gasteiger partial charge in [-0.15, -0.1) is 0 Å². The van der Waals surface area contributed by atoms with Crippen LogP contribution in [-0.2, 0) is 19.1 Å². The Morgan fingerprint density at radius 2 is 1.59 bits per heavy atom. The highest BCUT2D eigenvalue weighted by molar-refractivity contribution is 6.06. The molecule has 0 radical (unpaired) electrons. The Balaban J connectivity index is 1.95. The summed E-state index contributed by atoms with van der Waals surface area (Å²) in [5, 5.41) is 0. The number of amides is 4.